The van der Waals surface area contributed by atoms with E-state index in [1.165, 1.54) is 5.56 Å². The molecule has 0 aliphatic carbocycles. The summed E-state index contributed by atoms with van der Waals surface area (Å²) in [5, 5.41) is 12.7. The second-order valence-electron chi connectivity index (χ2n) is 6.54. The van der Waals surface area contributed by atoms with Crippen LogP contribution >= 0.6 is 11.8 Å². The van der Waals surface area contributed by atoms with E-state index >= 15 is 0 Å². The van der Waals surface area contributed by atoms with Crippen molar-refractivity contribution < 1.29 is 5.11 Å². The minimum absolute atomic E-state index is 0.292. The summed E-state index contributed by atoms with van der Waals surface area (Å²) in [6.07, 6.45) is 2.01. The number of aliphatic imine (C=N–C) groups is 1. The van der Waals surface area contributed by atoms with E-state index in [0.717, 1.165) is 50.7 Å². The number of hydrogen-bond acceptors (Lipinski definition) is 3. The molecule has 0 unspecified atom stereocenters. The first-order valence-corrected chi connectivity index (χ1v) is 9.44. The van der Waals surface area contributed by atoms with Crippen LogP contribution in [0.3, 0.4) is 0 Å². The maximum Gasteiger partial charge on any atom is 0.193 e. The Hall–Kier alpha value is -1.36. The molecule has 0 spiro atoms. The summed E-state index contributed by atoms with van der Waals surface area (Å²) in [7, 11) is 0. The molecule has 0 bridgehead atoms. The topological polar surface area (TPSA) is 47.9 Å². The molecule has 128 valence electrons. The molecule has 0 amide bonds. The van der Waals surface area contributed by atoms with Crippen LogP contribution in [-0.4, -0.2) is 52.6 Å². The van der Waals surface area contributed by atoms with E-state index in [2.05, 4.69) is 31.0 Å². The zero-order chi connectivity index (χ0) is 16.7. The van der Waals surface area contributed by atoms with E-state index in [1.807, 2.05) is 23.9 Å². The number of guanidine groups is 1. The molecule has 1 aliphatic rings. The number of aryl methyl sites for hydroxylation is 1. The van der Waals surface area contributed by atoms with E-state index in [-0.39, 0.29) is 0 Å². The van der Waals surface area contributed by atoms with Crippen LogP contribution < -0.4 is 5.32 Å². The SMILES string of the molecule is CCNC(=NCCCc1ccc(O)cc1)N1CCSC(C)(C)C1. The average Bonchev–Trinajstić information content (AvgIpc) is 2.51. The lowest BCUT2D eigenvalue weighted by molar-refractivity contribution is 0.376. The van der Waals surface area contributed by atoms with Crippen molar-refractivity contribution in [2.24, 2.45) is 4.99 Å². The molecule has 1 saturated heterocycles. The number of benzene rings is 1. The second-order valence-corrected chi connectivity index (χ2v) is 8.34. The molecule has 2 rings (SSSR count). The van der Waals surface area contributed by atoms with Gasteiger partial charge in [-0.1, -0.05) is 12.1 Å². The molecule has 0 atom stereocenters. The predicted molar refractivity (Wildman–Crippen MR) is 101 cm³/mol. The molecule has 0 radical (unpaired) electrons. The zero-order valence-electron chi connectivity index (χ0n) is 14.5. The molecule has 1 fully saturated rings. The van der Waals surface area contributed by atoms with Gasteiger partial charge in [-0.05, 0) is 51.3 Å². The number of aromatic hydroxyl groups is 1. The first-order chi connectivity index (χ1) is 11.0. The predicted octanol–water partition coefficient (Wildman–Crippen LogP) is 3.12. The van der Waals surface area contributed by atoms with Crippen molar-refractivity contribution in [1.29, 1.82) is 0 Å². The van der Waals surface area contributed by atoms with Crippen LogP contribution in [0.1, 0.15) is 32.8 Å². The number of nitrogens with one attached hydrogen (secondary N) is 1. The smallest absolute Gasteiger partial charge is 0.193 e. The monoisotopic (exact) mass is 335 g/mol. The molecule has 1 aromatic carbocycles. The third kappa shape index (κ3) is 5.98. The molecule has 23 heavy (non-hydrogen) atoms. The number of nitrogens with zero attached hydrogens (tertiary/aromatic N) is 2. The number of rotatable bonds is 5. The van der Waals surface area contributed by atoms with Gasteiger partial charge >= 0.3 is 0 Å². The van der Waals surface area contributed by atoms with Crippen LogP contribution in [-0.2, 0) is 6.42 Å². The van der Waals surface area contributed by atoms with Gasteiger partial charge < -0.3 is 15.3 Å². The van der Waals surface area contributed by atoms with E-state index in [1.54, 1.807) is 12.1 Å². The Bertz CT molecular complexity index is 514. The maximum atomic E-state index is 9.31. The fraction of sp³-hybridized carbons (Fsp3) is 0.611. The highest BCUT2D eigenvalue weighted by molar-refractivity contribution is 8.00. The van der Waals surface area contributed by atoms with E-state index in [0.29, 0.717) is 10.5 Å². The average molecular weight is 336 g/mol. The van der Waals surface area contributed by atoms with Gasteiger partial charge in [0.25, 0.3) is 0 Å². The van der Waals surface area contributed by atoms with Crippen molar-refractivity contribution in [3.63, 3.8) is 0 Å². The molecular weight excluding hydrogens is 306 g/mol. The highest BCUT2D eigenvalue weighted by atomic mass is 32.2. The van der Waals surface area contributed by atoms with E-state index in [4.69, 9.17) is 4.99 Å². The number of phenols is 1. The minimum Gasteiger partial charge on any atom is -0.508 e. The van der Waals surface area contributed by atoms with Crippen molar-refractivity contribution in [3.8, 4) is 5.75 Å². The van der Waals surface area contributed by atoms with Gasteiger partial charge in [0.1, 0.15) is 5.75 Å². The maximum absolute atomic E-state index is 9.31. The quantitative estimate of drug-likeness (QED) is 0.493. The lowest BCUT2D eigenvalue weighted by Gasteiger charge is -2.39. The first-order valence-electron chi connectivity index (χ1n) is 8.45. The number of phenolic OH excluding ortho intramolecular Hbond substituents is 1. The Kier molecular flexibility index (Phi) is 6.63. The van der Waals surface area contributed by atoms with Crippen molar-refractivity contribution in [2.45, 2.75) is 38.4 Å². The van der Waals surface area contributed by atoms with Crippen LogP contribution in [0.5, 0.6) is 5.75 Å². The van der Waals surface area contributed by atoms with Crippen LogP contribution in [0.4, 0.5) is 0 Å². The minimum atomic E-state index is 0.292. The van der Waals surface area contributed by atoms with Gasteiger partial charge in [0.2, 0.25) is 0 Å². The summed E-state index contributed by atoms with van der Waals surface area (Å²) >= 11 is 2.04. The third-order valence-electron chi connectivity index (χ3n) is 3.88. The summed E-state index contributed by atoms with van der Waals surface area (Å²) in [5.74, 6) is 2.53. The first kappa shape index (κ1) is 18.0. The Morgan fingerprint density at radius 2 is 2.09 bits per heavy atom. The van der Waals surface area contributed by atoms with Gasteiger partial charge in [-0.15, -0.1) is 0 Å². The second kappa shape index (κ2) is 8.48. The van der Waals surface area contributed by atoms with Crippen molar-refractivity contribution >= 4 is 17.7 Å². The van der Waals surface area contributed by atoms with Crippen LogP contribution in [0.2, 0.25) is 0 Å². The van der Waals surface area contributed by atoms with Gasteiger partial charge in [-0.3, -0.25) is 4.99 Å². The highest BCUT2D eigenvalue weighted by Crippen LogP contribution is 2.29. The molecule has 0 aromatic heterocycles. The van der Waals surface area contributed by atoms with Crippen molar-refractivity contribution in [1.82, 2.24) is 10.2 Å². The standard InChI is InChI=1S/C18H29N3OS/c1-4-19-17(21-12-13-23-18(2,3)14-21)20-11-5-6-15-7-9-16(22)10-8-15/h7-10,22H,4-6,11-14H2,1-3H3,(H,19,20). The van der Waals surface area contributed by atoms with Crippen molar-refractivity contribution in [2.75, 3.05) is 31.9 Å². The Morgan fingerprint density at radius 1 is 1.35 bits per heavy atom. The summed E-state index contributed by atoms with van der Waals surface area (Å²) in [5.41, 5.74) is 1.25. The van der Waals surface area contributed by atoms with Gasteiger partial charge in [-0.2, -0.15) is 11.8 Å². The fourth-order valence-corrected chi connectivity index (χ4v) is 3.87. The molecule has 1 aliphatic heterocycles. The lowest BCUT2D eigenvalue weighted by Crippen LogP contribution is -2.51. The molecule has 2 N–H and O–H groups in total. The van der Waals surface area contributed by atoms with E-state index in [9.17, 15) is 5.11 Å². The molecule has 0 saturated carbocycles. The molecule has 4 nitrogen and oxygen atoms in total. The lowest BCUT2D eigenvalue weighted by atomic mass is 10.1. The largest absolute Gasteiger partial charge is 0.508 e. The molecule has 1 heterocycles. The highest BCUT2D eigenvalue weighted by Gasteiger charge is 2.28. The molecule has 5 heteroatoms. The van der Waals surface area contributed by atoms with Crippen LogP contribution in [0, 0.1) is 0 Å². The molecular formula is C18H29N3OS. The van der Waals surface area contributed by atoms with Gasteiger partial charge in [0.15, 0.2) is 5.96 Å². The van der Waals surface area contributed by atoms with Crippen LogP contribution in [0.15, 0.2) is 29.3 Å². The molecule has 1 aromatic rings. The van der Waals surface area contributed by atoms with Gasteiger partial charge in [0, 0.05) is 36.7 Å². The fourth-order valence-electron chi connectivity index (χ4n) is 2.75. The Labute approximate surface area is 144 Å². The number of hydrogen-bond donors (Lipinski definition) is 2. The summed E-state index contributed by atoms with van der Waals surface area (Å²) < 4.78 is 0.292. The zero-order valence-corrected chi connectivity index (χ0v) is 15.3. The Balaban J connectivity index is 1.87. The number of thioether (sulfide) groups is 1. The summed E-state index contributed by atoms with van der Waals surface area (Å²) in [4.78, 5) is 7.20. The van der Waals surface area contributed by atoms with Crippen molar-refractivity contribution in [3.05, 3.63) is 29.8 Å². The third-order valence-corrected chi connectivity index (χ3v) is 5.18. The summed E-state index contributed by atoms with van der Waals surface area (Å²) in [6, 6.07) is 7.45. The van der Waals surface area contributed by atoms with Gasteiger partial charge in [-0.25, -0.2) is 0 Å². The van der Waals surface area contributed by atoms with Gasteiger partial charge in [0.05, 0.1) is 0 Å². The summed E-state index contributed by atoms with van der Waals surface area (Å²) in [6.45, 7) is 10.6. The van der Waals surface area contributed by atoms with Crippen LogP contribution in [0.25, 0.3) is 0 Å². The Morgan fingerprint density at radius 3 is 2.74 bits per heavy atom. The van der Waals surface area contributed by atoms with E-state index < -0.39 is 0 Å². The normalized spacial score (nSPS) is 18.0.